The van der Waals surface area contributed by atoms with Crippen LogP contribution in [0, 0.1) is 17.2 Å². The highest BCUT2D eigenvalue weighted by Gasteiger charge is 2.16. The number of hydrogen-bond donors (Lipinski definition) is 0. The molecule has 1 atom stereocenters. The highest BCUT2D eigenvalue weighted by atomic mass is 35.5. The molecule has 0 heterocycles. The van der Waals surface area contributed by atoms with E-state index in [1.807, 2.05) is 30.3 Å². The summed E-state index contributed by atoms with van der Waals surface area (Å²) in [5.41, 5.74) is 1.53. The van der Waals surface area contributed by atoms with Crippen molar-refractivity contribution < 1.29 is 4.79 Å². The van der Waals surface area contributed by atoms with Gasteiger partial charge in [-0.3, -0.25) is 4.79 Å². The number of nitriles is 1. The van der Waals surface area contributed by atoms with Gasteiger partial charge in [0.25, 0.3) is 0 Å². The fourth-order valence-corrected chi connectivity index (χ4v) is 2.37. The standard InChI is InChI=1S/C17H13Cl2NO/c18-15-7-6-14(10-16(15)19)17(21)9-13(11-20)8-12-4-2-1-3-5-12/h1-7,10,13H,8-9H2. The first kappa shape index (κ1) is 15.6. The molecule has 2 aromatic carbocycles. The number of benzene rings is 2. The second-order valence-corrected chi connectivity index (χ2v) is 5.59. The first-order valence-electron chi connectivity index (χ1n) is 6.52. The van der Waals surface area contributed by atoms with Crippen LogP contribution in [0.3, 0.4) is 0 Å². The quantitative estimate of drug-likeness (QED) is 0.732. The highest BCUT2D eigenvalue weighted by Crippen LogP contribution is 2.24. The fraction of sp³-hybridized carbons (Fsp3) is 0.176. The summed E-state index contributed by atoms with van der Waals surface area (Å²) >= 11 is 11.7. The van der Waals surface area contributed by atoms with Crippen LogP contribution < -0.4 is 0 Å². The summed E-state index contributed by atoms with van der Waals surface area (Å²) < 4.78 is 0. The molecule has 0 aromatic heterocycles. The van der Waals surface area contributed by atoms with Gasteiger partial charge in [-0.1, -0.05) is 53.5 Å². The third kappa shape index (κ3) is 4.32. The molecule has 2 aromatic rings. The SMILES string of the molecule is N#CC(CC(=O)c1ccc(Cl)c(Cl)c1)Cc1ccccc1. The molecule has 1 unspecified atom stereocenters. The van der Waals surface area contributed by atoms with E-state index in [2.05, 4.69) is 6.07 Å². The van der Waals surface area contributed by atoms with Gasteiger partial charge in [0.2, 0.25) is 0 Å². The zero-order valence-corrected chi connectivity index (χ0v) is 12.7. The number of carbonyl (C=O) groups excluding carboxylic acids is 1. The van der Waals surface area contributed by atoms with Crippen molar-refractivity contribution in [3.8, 4) is 6.07 Å². The van der Waals surface area contributed by atoms with Crippen LogP contribution in [0.15, 0.2) is 48.5 Å². The molecule has 0 aliphatic rings. The van der Waals surface area contributed by atoms with Gasteiger partial charge in [-0.15, -0.1) is 0 Å². The molecule has 2 nitrogen and oxygen atoms in total. The molecule has 21 heavy (non-hydrogen) atoms. The minimum absolute atomic E-state index is 0.101. The zero-order valence-electron chi connectivity index (χ0n) is 11.2. The van der Waals surface area contributed by atoms with E-state index >= 15 is 0 Å². The molecular weight excluding hydrogens is 305 g/mol. The van der Waals surface area contributed by atoms with Crippen molar-refractivity contribution in [2.75, 3.05) is 0 Å². The van der Waals surface area contributed by atoms with Gasteiger partial charge in [-0.05, 0) is 30.2 Å². The molecule has 0 bridgehead atoms. The normalized spacial score (nSPS) is 11.7. The lowest BCUT2D eigenvalue weighted by atomic mass is 9.93. The van der Waals surface area contributed by atoms with Crippen molar-refractivity contribution in [3.63, 3.8) is 0 Å². The molecule has 0 saturated heterocycles. The second kappa shape index (κ2) is 7.26. The maximum atomic E-state index is 12.2. The summed E-state index contributed by atoms with van der Waals surface area (Å²) in [6, 6.07) is 16.6. The maximum absolute atomic E-state index is 12.2. The molecule has 0 aliphatic heterocycles. The zero-order chi connectivity index (χ0) is 15.2. The van der Waals surface area contributed by atoms with E-state index < -0.39 is 0 Å². The van der Waals surface area contributed by atoms with Crippen LogP contribution in [0.4, 0.5) is 0 Å². The number of carbonyl (C=O) groups is 1. The van der Waals surface area contributed by atoms with Crippen molar-refractivity contribution in [1.82, 2.24) is 0 Å². The molecule has 0 saturated carbocycles. The van der Waals surface area contributed by atoms with Crippen LogP contribution in [0.25, 0.3) is 0 Å². The first-order chi connectivity index (χ1) is 10.1. The van der Waals surface area contributed by atoms with Crippen LogP contribution in [0.2, 0.25) is 10.0 Å². The number of halogens is 2. The summed E-state index contributed by atoms with van der Waals surface area (Å²) in [6.07, 6.45) is 0.730. The van der Waals surface area contributed by atoms with Crippen molar-refractivity contribution in [2.24, 2.45) is 5.92 Å². The lowest BCUT2D eigenvalue weighted by molar-refractivity contribution is 0.0970. The van der Waals surface area contributed by atoms with E-state index in [1.54, 1.807) is 18.2 Å². The molecule has 0 aliphatic carbocycles. The van der Waals surface area contributed by atoms with Gasteiger partial charge in [0, 0.05) is 12.0 Å². The number of Topliss-reactive ketones (excluding diaryl/α,β-unsaturated/α-hetero) is 1. The topological polar surface area (TPSA) is 40.9 Å². The summed E-state index contributed by atoms with van der Waals surface area (Å²) in [5, 5.41) is 9.99. The summed E-state index contributed by atoms with van der Waals surface area (Å²) in [5.74, 6) is -0.453. The Morgan fingerprint density at radius 1 is 1.10 bits per heavy atom. The van der Waals surface area contributed by atoms with Gasteiger partial charge in [-0.25, -0.2) is 0 Å². The molecule has 0 fully saturated rings. The predicted octanol–water partition coefficient (Wildman–Crippen LogP) is 4.95. The van der Waals surface area contributed by atoms with E-state index in [4.69, 9.17) is 23.2 Å². The van der Waals surface area contributed by atoms with Gasteiger partial charge in [0.15, 0.2) is 5.78 Å². The molecule has 0 spiro atoms. The predicted molar refractivity (Wildman–Crippen MR) is 84.7 cm³/mol. The summed E-state index contributed by atoms with van der Waals surface area (Å²) in [4.78, 5) is 12.2. The maximum Gasteiger partial charge on any atom is 0.164 e. The molecule has 4 heteroatoms. The minimum atomic E-state index is -0.352. The highest BCUT2D eigenvalue weighted by molar-refractivity contribution is 6.42. The van der Waals surface area contributed by atoms with Crippen molar-refractivity contribution in [3.05, 3.63) is 69.7 Å². The van der Waals surface area contributed by atoms with E-state index in [0.717, 1.165) is 5.56 Å². The first-order valence-corrected chi connectivity index (χ1v) is 7.27. The third-order valence-corrected chi connectivity index (χ3v) is 3.92. The minimum Gasteiger partial charge on any atom is -0.294 e. The number of rotatable bonds is 5. The third-order valence-electron chi connectivity index (χ3n) is 3.18. The van der Waals surface area contributed by atoms with Gasteiger partial charge < -0.3 is 0 Å². The van der Waals surface area contributed by atoms with Gasteiger partial charge in [0.1, 0.15) is 0 Å². The van der Waals surface area contributed by atoms with Crippen LogP contribution in [0.1, 0.15) is 22.3 Å². The monoisotopic (exact) mass is 317 g/mol. The van der Waals surface area contributed by atoms with Crippen molar-refractivity contribution in [1.29, 1.82) is 5.26 Å². The smallest absolute Gasteiger partial charge is 0.164 e. The average molecular weight is 318 g/mol. The molecule has 2 rings (SSSR count). The lowest BCUT2D eigenvalue weighted by Crippen LogP contribution is -2.10. The Hall–Kier alpha value is -1.82. The molecule has 0 N–H and O–H groups in total. The Morgan fingerprint density at radius 3 is 2.43 bits per heavy atom. The molecule has 106 valence electrons. The summed E-state index contributed by atoms with van der Waals surface area (Å²) in [7, 11) is 0. The Kier molecular flexibility index (Phi) is 5.38. The molecular formula is C17H13Cl2NO. The number of hydrogen-bond acceptors (Lipinski definition) is 2. The molecule has 0 radical (unpaired) electrons. The Bertz CT molecular complexity index is 677. The average Bonchev–Trinajstić information content (AvgIpc) is 2.50. The Morgan fingerprint density at radius 2 is 1.81 bits per heavy atom. The van der Waals surface area contributed by atoms with Gasteiger partial charge >= 0.3 is 0 Å². The van der Waals surface area contributed by atoms with Gasteiger partial charge in [0.05, 0.1) is 22.0 Å². The second-order valence-electron chi connectivity index (χ2n) is 4.77. The van der Waals surface area contributed by atoms with E-state index in [1.165, 1.54) is 0 Å². The largest absolute Gasteiger partial charge is 0.294 e. The van der Waals surface area contributed by atoms with Gasteiger partial charge in [-0.2, -0.15) is 5.26 Å². The Balaban J connectivity index is 2.06. The van der Waals surface area contributed by atoms with Crippen LogP contribution in [0.5, 0.6) is 0 Å². The van der Waals surface area contributed by atoms with Crippen LogP contribution >= 0.6 is 23.2 Å². The lowest BCUT2D eigenvalue weighted by Gasteiger charge is -2.09. The number of nitrogens with zero attached hydrogens (tertiary/aromatic N) is 1. The molecule has 0 amide bonds. The van der Waals surface area contributed by atoms with Crippen LogP contribution in [-0.4, -0.2) is 5.78 Å². The van der Waals surface area contributed by atoms with Crippen LogP contribution in [-0.2, 0) is 6.42 Å². The van der Waals surface area contributed by atoms with E-state index in [9.17, 15) is 10.1 Å². The van der Waals surface area contributed by atoms with E-state index in [0.29, 0.717) is 22.0 Å². The van der Waals surface area contributed by atoms with Crippen molar-refractivity contribution in [2.45, 2.75) is 12.8 Å². The Labute approximate surface area is 133 Å². The number of ketones is 1. The fourth-order valence-electron chi connectivity index (χ4n) is 2.07. The van der Waals surface area contributed by atoms with Crippen molar-refractivity contribution >= 4 is 29.0 Å². The summed E-state index contributed by atoms with van der Waals surface area (Å²) in [6.45, 7) is 0. The van der Waals surface area contributed by atoms with E-state index in [-0.39, 0.29) is 18.1 Å².